The van der Waals surface area contributed by atoms with Gasteiger partial charge in [0.25, 0.3) is 0 Å². The molecule has 7 rings (SSSR count). The van der Waals surface area contributed by atoms with Crippen LogP contribution in [0.15, 0.2) is 122 Å². The number of aromatic nitrogens is 5. The highest BCUT2D eigenvalue weighted by atomic mass is 15.0. The Labute approximate surface area is 246 Å². The summed E-state index contributed by atoms with van der Waals surface area (Å²) in [7, 11) is 0. The van der Waals surface area contributed by atoms with Crippen LogP contribution in [0.25, 0.3) is 50.3 Å². The van der Waals surface area contributed by atoms with Gasteiger partial charge in [0.2, 0.25) is 0 Å². The van der Waals surface area contributed by atoms with Crippen LogP contribution in [0.3, 0.4) is 0 Å². The average Bonchev–Trinajstić information content (AvgIpc) is 3.37. The average molecular weight is 548 g/mol. The number of para-hydroxylation sites is 2. The summed E-state index contributed by atoms with van der Waals surface area (Å²) in [6.07, 6.45) is 7.19. The number of hydrogen-bond acceptors (Lipinski definition) is 4. The standard InChI is InChI=1S/C21H15N5.C16H18/c1-14-10-22-20(23-11-14)21-24-12-15(13-25-21)26-18-8-4-2-6-16(18)17-7-3-5-9-19(17)26;1-12(2)14-9-6-7-11-16(14)15-10-5-4-8-13(15)3/h2-13H,1H3;4-12H,1-3H3. The zero-order chi connectivity index (χ0) is 29.1. The van der Waals surface area contributed by atoms with E-state index in [9.17, 15) is 0 Å². The van der Waals surface area contributed by atoms with E-state index in [4.69, 9.17) is 0 Å². The molecule has 4 aromatic carbocycles. The molecule has 0 atom stereocenters. The van der Waals surface area contributed by atoms with Gasteiger partial charge in [0.15, 0.2) is 11.6 Å². The Morgan fingerprint density at radius 2 is 1.00 bits per heavy atom. The molecule has 0 aliphatic carbocycles. The molecule has 0 aliphatic rings. The third-order valence-corrected chi connectivity index (χ3v) is 7.48. The van der Waals surface area contributed by atoms with Crippen molar-refractivity contribution < 1.29 is 0 Å². The minimum Gasteiger partial charge on any atom is -0.306 e. The van der Waals surface area contributed by atoms with E-state index >= 15 is 0 Å². The van der Waals surface area contributed by atoms with Crippen LogP contribution >= 0.6 is 0 Å². The maximum atomic E-state index is 4.49. The highest BCUT2D eigenvalue weighted by Gasteiger charge is 2.13. The molecule has 42 heavy (non-hydrogen) atoms. The lowest BCUT2D eigenvalue weighted by molar-refractivity contribution is 0.869. The van der Waals surface area contributed by atoms with Gasteiger partial charge in [-0.15, -0.1) is 0 Å². The van der Waals surface area contributed by atoms with Crippen molar-refractivity contribution in [2.75, 3.05) is 0 Å². The van der Waals surface area contributed by atoms with Crippen molar-refractivity contribution in [3.05, 3.63) is 139 Å². The molecule has 0 saturated carbocycles. The maximum absolute atomic E-state index is 4.49. The minimum absolute atomic E-state index is 0.523. The van der Waals surface area contributed by atoms with E-state index in [-0.39, 0.29) is 0 Å². The van der Waals surface area contributed by atoms with Gasteiger partial charge in [-0.25, -0.2) is 19.9 Å². The highest BCUT2D eigenvalue weighted by molar-refractivity contribution is 6.09. The smallest absolute Gasteiger partial charge is 0.197 e. The number of aryl methyl sites for hydroxylation is 2. The summed E-state index contributed by atoms with van der Waals surface area (Å²) < 4.78 is 2.18. The summed E-state index contributed by atoms with van der Waals surface area (Å²) in [6, 6.07) is 34.0. The number of rotatable bonds is 4. The first-order chi connectivity index (χ1) is 20.5. The van der Waals surface area contributed by atoms with Gasteiger partial charge >= 0.3 is 0 Å². The van der Waals surface area contributed by atoms with Gasteiger partial charge in [0, 0.05) is 23.2 Å². The molecule has 0 radical (unpaired) electrons. The summed E-state index contributed by atoms with van der Waals surface area (Å²) in [5, 5.41) is 2.43. The molecule has 0 saturated heterocycles. The fourth-order valence-electron chi connectivity index (χ4n) is 5.38. The zero-order valence-corrected chi connectivity index (χ0v) is 24.4. The van der Waals surface area contributed by atoms with Crippen molar-refractivity contribution in [1.82, 2.24) is 24.5 Å². The normalized spacial score (nSPS) is 11.1. The number of hydrogen-bond donors (Lipinski definition) is 0. The van der Waals surface area contributed by atoms with Gasteiger partial charge in [0.1, 0.15) is 0 Å². The molecule has 0 amide bonds. The quantitative estimate of drug-likeness (QED) is 0.220. The maximum Gasteiger partial charge on any atom is 0.197 e. The van der Waals surface area contributed by atoms with Crippen LogP contribution in [0.4, 0.5) is 0 Å². The SMILES string of the molecule is Cc1ccccc1-c1ccccc1C(C)C.Cc1cnc(-c2ncc(-n3c4ccccc4c4ccccc43)cn2)nc1. The Hall–Kier alpha value is -5.16. The van der Waals surface area contributed by atoms with Crippen molar-refractivity contribution in [1.29, 1.82) is 0 Å². The van der Waals surface area contributed by atoms with Crippen molar-refractivity contribution in [2.24, 2.45) is 0 Å². The Morgan fingerprint density at radius 1 is 0.524 bits per heavy atom. The predicted octanol–water partition coefficient (Wildman–Crippen LogP) is 9.12. The fraction of sp³-hybridized carbons (Fsp3) is 0.135. The molecular formula is C37H33N5. The summed E-state index contributed by atoms with van der Waals surface area (Å²) in [4.78, 5) is 17.6. The summed E-state index contributed by atoms with van der Waals surface area (Å²) >= 11 is 0. The topological polar surface area (TPSA) is 56.5 Å². The van der Waals surface area contributed by atoms with Crippen molar-refractivity contribution in [2.45, 2.75) is 33.6 Å². The molecule has 5 heteroatoms. The molecule has 0 bridgehead atoms. The van der Waals surface area contributed by atoms with Crippen LogP contribution in [-0.2, 0) is 0 Å². The molecule has 206 valence electrons. The number of nitrogens with zero attached hydrogens (tertiary/aromatic N) is 5. The van der Waals surface area contributed by atoms with Crippen molar-refractivity contribution >= 4 is 21.8 Å². The van der Waals surface area contributed by atoms with Gasteiger partial charge in [-0.05, 0) is 59.7 Å². The van der Waals surface area contributed by atoms with E-state index < -0.39 is 0 Å². The second-order valence-electron chi connectivity index (χ2n) is 10.8. The molecule has 7 aromatic rings. The molecule has 3 heterocycles. The monoisotopic (exact) mass is 547 g/mol. The Balaban J connectivity index is 0.000000170. The van der Waals surface area contributed by atoms with E-state index in [1.807, 2.05) is 31.5 Å². The Kier molecular flexibility index (Phi) is 7.56. The van der Waals surface area contributed by atoms with E-state index in [1.165, 1.54) is 33.0 Å². The first kappa shape index (κ1) is 27.0. The fourth-order valence-corrected chi connectivity index (χ4v) is 5.38. The predicted molar refractivity (Wildman–Crippen MR) is 173 cm³/mol. The molecule has 3 aromatic heterocycles. The molecule has 0 spiro atoms. The van der Waals surface area contributed by atoms with Crippen LogP contribution in [-0.4, -0.2) is 24.5 Å². The minimum atomic E-state index is 0.523. The van der Waals surface area contributed by atoms with Crippen LogP contribution in [0.1, 0.15) is 36.5 Å². The van der Waals surface area contributed by atoms with E-state index in [2.05, 4.69) is 130 Å². The third kappa shape index (κ3) is 5.29. The molecule has 0 unspecified atom stereocenters. The lowest BCUT2D eigenvalue weighted by Crippen LogP contribution is -1.99. The van der Waals surface area contributed by atoms with Crippen molar-refractivity contribution in [3.8, 4) is 28.5 Å². The first-order valence-corrected chi connectivity index (χ1v) is 14.3. The van der Waals surface area contributed by atoms with Crippen LogP contribution < -0.4 is 0 Å². The first-order valence-electron chi connectivity index (χ1n) is 14.3. The van der Waals surface area contributed by atoms with Gasteiger partial charge in [-0.3, -0.25) is 0 Å². The lowest BCUT2D eigenvalue weighted by Gasteiger charge is -2.14. The second-order valence-corrected chi connectivity index (χ2v) is 10.8. The lowest BCUT2D eigenvalue weighted by atomic mass is 9.91. The van der Waals surface area contributed by atoms with Gasteiger partial charge in [-0.2, -0.15) is 0 Å². The van der Waals surface area contributed by atoms with Crippen LogP contribution in [0.5, 0.6) is 0 Å². The van der Waals surface area contributed by atoms with E-state index in [0.29, 0.717) is 17.6 Å². The van der Waals surface area contributed by atoms with Crippen LogP contribution in [0.2, 0.25) is 0 Å². The zero-order valence-electron chi connectivity index (χ0n) is 24.4. The Morgan fingerprint density at radius 3 is 1.57 bits per heavy atom. The van der Waals surface area contributed by atoms with E-state index in [1.54, 1.807) is 12.4 Å². The van der Waals surface area contributed by atoms with Gasteiger partial charge in [0.05, 0.1) is 29.1 Å². The van der Waals surface area contributed by atoms with Gasteiger partial charge in [-0.1, -0.05) is 98.8 Å². The molecule has 5 nitrogen and oxygen atoms in total. The largest absolute Gasteiger partial charge is 0.306 e. The van der Waals surface area contributed by atoms with Crippen LogP contribution in [0, 0.1) is 13.8 Å². The molecule has 0 N–H and O–H groups in total. The molecule has 0 aliphatic heterocycles. The number of fused-ring (bicyclic) bond motifs is 3. The number of benzene rings is 4. The molecular weight excluding hydrogens is 514 g/mol. The second kappa shape index (κ2) is 11.8. The third-order valence-electron chi connectivity index (χ3n) is 7.48. The summed E-state index contributed by atoms with van der Waals surface area (Å²) in [6.45, 7) is 8.62. The summed E-state index contributed by atoms with van der Waals surface area (Å²) in [5.41, 5.74) is 9.69. The summed E-state index contributed by atoms with van der Waals surface area (Å²) in [5.74, 6) is 1.62. The highest BCUT2D eigenvalue weighted by Crippen LogP contribution is 2.32. The Bertz CT molecular complexity index is 1920. The van der Waals surface area contributed by atoms with E-state index in [0.717, 1.165) is 22.3 Å². The van der Waals surface area contributed by atoms with Gasteiger partial charge < -0.3 is 4.57 Å². The molecule has 0 fully saturated rings. The van der Waals surface area contributed by atoms with Crippen molar-refractivity contribution in [3.63, 3.8) is 0 Å².